The maximum Gasteiger partial charge on any atom is 0.407 e. The summed E-state index contributed by atoms with van der Waals surface area (Å²) in [7, 11) is 0. The number of aliphatic hydroxyl groups is 2. The predicted molar refractivity (Wildman–Crippen MR) is 120 cm³/mol. The number of carbonyl (C=O) groups excluding carboxylic acids is 1. The molecule has 33 heavy (non-hydrogen) atoms. The molecular formula is C24H23N3O6. The third-order valence-corrected chi connectivity index (χ3v) is 5.76. The van der Waals surface area contributed by atoms with Gasteiger partial charge in [-0.2, -0.15) is 0 Å². The lowest BCUT2D eigenvalue weighted by Gasteiger charge is -2.20. The predicted octanol–water partition coefficient (Wildman–Crippen LogP) is 3.23. The molecule has 0 saturated carbocycles. The first-order valence-electron chi connectivity index (χ1n) is 10.4. The van der Waals surface area contributed by atoms with Crippen LogP contribution in [0.15, 0.2) is 60.8 Å². The van der Waals surface area contributed by atoms with Crippen LogP contribution in [-0.2, 0) is 4.74 Å². The molecule has 4 rings (SSSR count). The number of pyridine rings is 1. The quantitative estimate of drug-likeness (QED) is 0.372. The molecule has 170 valence electrons. The Bertz CT molecular complexity index is 1150. The van der Waals surface area contributed by atoms with Gasteiger partial charge in [-0.05, 0) is 34.7 Å². The van der Waals surface area contributed by atoms with Crippen molar-refractivity contribution in [3.63, 3.8) is 0 Å². The van der Waals surface area contributed by atoms with E-state index in [-0.39, 0.29) is 30.5 Å². The van der Waals surface area contributed by atoms with Crippen LogP contribution in [0.5, 0.6) is 0 Å². The van der Waals surface area contributed by atoms with Crippen LogP contribution in [0.25, 0.3) is 11.1 Å². The number of benzene rings is 2. The van der Waals surface area contributed by atoms with Crippen molar-refractivity contribution in [3.8, 4) is 11.1 Å². The van der Waals surface area contributed by atoms with Crippen LogP contribution in [0.1, 0.15) is 34.4 Å². The van der Waals surface area contributed by atoms with E-state index in [1.54, 1.807) is 6.92 Å². The van der Waals surface area contributed by atoms with Gasteiger partial charge in [-0.3, -0.25) is 15.1 Å². The van der Waals surface area contributed by atoms with Crippen LogP contribution in [0.4, 0.5) is 10.5 Å². The lowest BCUT2D eigenvalue weighted by molar-refractivity contribution is -0.385. The zero-order chi connectivity index (χ0) is 23.5. The van der Waals surface area contributed by atoms with E-state index in [1.807, 2.05) is 48.5 Å². The first kappa shape index (κ1) is 22.4. The second-order valence-corrected chi connectivity index (χ2v) is 7.87. The number of aromatic nitrogens is 1. The summed E-state index contributed by atoms with van der Waals surface area (Å²) in [5, 5.41) is 33.9. The molecule has 0 saturated heterocycles. The van der Waals surface area contributed by atoms with E-state index in [9.17, 15) is 25.1 Å². The number of aryl methyl sites for hydroxylation is 1. The van der Waals surface area contributed by atoms with E-state index in [0.29, 0.717) is 5.56 Å². The maximum absolute atomic E-state index is 12.3. The number of nitro groups is 1. The Morgan fingerprint density at radius 1 is 1.15 bits per heavy atom. The maximum atomic E-state index is 12.3. The number of amides is 1. The zero-order valence-corrected chi connectivity index (χ0v) is 17.8. The Labute approximate surface area is 189 Å². The third-order valence-electron chi connectivity index (χ3n) is 5.76. The highest BCUT2D eigenvalue weighted by Crippen LogP contribution is 2.44. The van der Waals surface area contributed by atoms with Crippen LogP contribution in [-0.4, -0.2) is 45.5 Å². The molecule has 2 aromatic carbocycles. The summed E-state index contributed by atoms with van der Waals surface area (Å²) in [5.74, 6) is -0.0920. The molecule has 0 spiro atoms. The number of hydrogen-bond acceptors (Lipinski definition) is 7. The van der Waals surface area contributed by atoms with Crippen molar-refractivity contribution < 1.29 is 24.7 Å². The lowest BCUT2D eigenvalue weighted by Crippen LogP contribution is -2.36. The van der Waals surface area contributed by atoms with E-state index in [0.717, 1.165) is 28.5 Å². The first-order valence-corrected chi connectivity index (χ1v) is 10.4. The molecule has 9 heteroatoms. The average Bonchev–Trinajstić information content (AvgIpc) is 3.14. The van der Waals surface area contributed by atoms with E-state index in [1.165, 1.54) is 6.07 Å². The van der Waals surface area contributed by atoms with Crippen LogP contribution in [0.2, 0.25) is 0 Å². The van der Waals surface area contributed by atoms with Gasteiger partial charge in [0.25, 0.3) is 5.69 Å². The standard InChI is InChI=1S/C24H23N3O6/c1-14-10-15(27(31)32)11-25-22(14)23(29)21(28)12-26-24(30)33-13-20-18-8-4-2-6-16(18)17-7-3-5-9-19(17)20/h2-11,20-21,23,28-29H,12-13H2,1H3,(H,26,30). The molecule has 1 amide bonds. The Kier molecular flexibility index (Phi) is 6.34. The molecule has 0 radical (unpaired) electrons. The smallest absolute Gasteiger partial charge is 0.407 e. The van der Waals surface area contributed by atoms with Crippen LogP contribution >= 0.6 is 0 Å². The normalized spacial score (nSPS) is 14.2. The molecule has 0 fully saturated rings. The summed E-state index contributed by atoms with van der Waals surface area (Å²) < 4.78 is 5.41. The summed E-state index contributed by atoms with van der Waals surface area (Å²) in [4.78, 5) is 26.4. The third kappa shape index (κ3) is 4.55. The number of fused-ring (bicyclic) bond motifs is 3. The van der Waals surface area contributed by atoms with Crippen LogP contribution in [0, 0.1) is 17.0 Å². The highest BCUT2D eigenvalue weighted by Gasteiger charge is 2.29. The molecule has 0 bridgehead atoms. The second kappa shape index (κ2) is 9.35. The Morgan fingerprint density at radius 2 is 1.76 bits per heavy atom. The molecule has 0 aliphatic heterocycles. The molecule has 9 nitrogen and oxygen atoms in total. The van der Waals surface area contributed by atoms with Crippen molar-refractivity contribution in [2.24, 2.45) is 0 Å². The van der Waals surface area contributed by atoms with Gasteiger partial charge >= 0.3 is 6.09 Å². The highest BCUT2D eigenvalue weighted by molar-refractivity contribution is 5.79. The fourth-order valence-electron chi connectivity index (χ4n) is 4.11. The molecule has 3 N–H and O–H groups in total. The summed E-state index contributed by atoms with van der Waals surface area (Å²) in [6.45, 7) is 1.39. The van der Waals surface area contributed by atoms with Crippen LogP contribution in [0.3, 0.4) is 0 Å². The number of aliphatic hydroxyl groups excluding tert-OH is 2. The lowest BCUT2D eigenvalue weighted by atomic mass is 9.98. The Morgan fingerprint density at radius 3 is 2.33 bits per heavy atom. The van der Waals surface area contributed by atoms with E-state index in [4.69, 9.17) is 4.74 Å². The van der Waals surface area contributed by atoms with Gasteiger partial charge in [0.1, 0.15) is 25.0 Å². The minimum Gasteiger partial charge on any atom is -0.449 e. The molecule has 2 atom stereocenters. The summed E-state index contributed by atoms with van der Waals surface area (Å²) in [6, 6.07) is 17.2. The van der Waals surface area contributed by atoms with E-state index < -0.39 is 23.2 Å². The van der Waals surface area contributed by atoms with Gasteiger partial charge in [0.15, 0.2) is 0 Å². The van der Waals surface area contributed by atoms with Crippen molar-refractivity contribution >= 4 is 11.8 Å². The monoisotopic (exact) mass is 449 g/mol. The number of ether oxygens (including phenoxy) is 1. The van der Waals surface area contributed by atoms with Gasteiger partial charge in [-0.1, -0.05) is 48.5 Å². The number of hydrogen-bond donors (Lipinski definition) is 3. The molecule has 1 heterocycles. The van der Waals surface area contributed by atoms with Gasteiger partial charge in [0.2, 0.25) is 0 Å². The molecule has 1 aliphatic carbocycles. The number of nitrogens with zero attached hydrogens (tertiary/aromatic N) is 2. The number of alkyl carbamates (subject to hydrolysis) is 1. The number of carbonyl (C=O) groups is 1. The highest BCUT2D eigenvalue weighted by atomic mass is 16.6. The van der Waals surface area contributed by atoms with Gasteiger partial charge in [-0.15, -0.1) is 0 Å². The Balaban J connectivity index is 1.34. The van der Waals surface area contributed by atoms with Gasteiger partial charge in [0.05, 0.1) is 10.6 Å². The SMILES string of the molecule is Cc1cc([N+](=O)[O-])cnc1C(O)C(O)CNC(=O)OCC1c2ccccc2-c2ccccc21. The fraction of sp³-hybridized carbons (Fsp3) is 0.250. The largest absolute Gasteiger partial charge is 0.449 e. The average molecular weight is 449 g/mol. The molecule has 2 unspecified atom stereocenters. The van der Waals surface area contributed by atoms with Crippen LogP contribution < -0.4 is 5.32 Å². The minimum atomic E-state index is -1.43. The molecule has 1 aliphatic rings. The topological polar surface area (TPSA) is 135 Å². The minimum absolute atomic E-state index is 0.0920. The number of nitrogens with one attached hydrogen (secondary N) is 1. The Hall–Kier alpha value is -3.82. The summed E-state index contributed by atoms with van der Waals surface area (Å²) in [5.41, 5.74) is 4.65. The molecule has 1 aromatic heterocycles. The van der Waals surface area contributed by atoms with Gasteiger partial charge in [0, 0.05) is 18.5 Å². The molecular weight excluding hydrogens is 426 g/mol. The first-order chi connectivity index (χ1) is 15.9. The second-order valence-electron chi connectivity index (χ2n) is 7.87. The number of rotatable bonds is 7. The summed E-state index contributed by atoms with van der Waals surface area (Å²) >= 11 is 0. The van der Waals surface area contributed by atoms with E-state index in [2.05, 4.69) is 10.3 Å². The van der Waals surface area contributed by atoms with Crippen molar-refractivity contribution in [1.82, 2.24) is 10.3 Å². The van der Waals surface area contributed by atoms with Gasteiger partial charge < -0.3 is 20.3 Å². The van der Waals surface area contributed by atoms with Crippen molar-refractivity contribution in [1.29, 1.82) is 0 Å². The molecule has 3 aromatic rings. The summed E-state index contributed by atoms with van der Waals surface area (Å²) in [6.07, 6.45) is -2.52. The van der Waals surface area contributed by atoms with Crippen molar-refractivity contribution in [2.75, 3.05) is 13.2 Å². The van der Waals surface area contributed by atoms with Crippen molar-refractivity contribution in [2.45, 2.75) is 25.0 Å². The zero-order valence-electron chi connectivity index (χ0n) is 17.8. The fourth-order valence-corrected chi connectivity index (χ4v) is 4.11. The van der Waals surface area contributed by atoms with Crippen molar-refractivity contribution in [3.05, 3.63) is 93.3 Å². The van der Waals surface area contributed by atoms with E-state index >= 15 is 0 Å². The van der Waals surface area contributed by atoms with Gasteiger partial charge in [-0.25, -0.2) is 4.79 Å².